The summed E-state index contributed by atoms with van der Waals surface area (Å²) in [5.74, 6) is 0.330. The highest BCUT2D eigenvalue weighted by molar-refractivity contribution is 9.09. The maximum absolute atomic E-state index is 11.4. The SMILES string of the molecule is O=C1CCCC2=CC[C@@H](Br)C=C12. The Kier molecular flexibility index (Phi) is 2.18. The standard InChI is InChI=1S/C10H11BrO/c11-8-5-4-7-2-1-3-10(12)9(7)6-8/h4,6,8H,1-3,5H2/t8-/m1/s1. The van der Waals surface area contributed by atoms with Crippen LogP contribution in [-0.4, -0.2) is 10.6 Å². The number of carbonyl (C=O) groups is 1. The minimum Gasteiger partial charge on any atom is -0.294 e. The summed E-state index contributed by atoms with van der Waals surface area (Å²) in [6.45, 7) is 0. The third kappa shape index (κ3) is 1.40. The van der Waals surface area contributed by atoms with Crippen molar-refractivity contribution in [2.75, 3.05) is 0 Å². The van der Waals surface area contributed by atoms with Gasteiger partial charge in [0.2, 0.25) is 0 Å². The van der Waals surface area contributed by atoms with Gasteiger partial charge in [0, 0.05) is 16.8 Å². The smallest absolute Gasteiger partial charge is 0.162 e. The van der Waals surface area contributed by atoms with Gasteiger partial charge in [-0.15, -0.1) is 0 Å². The molecule has 2 aliphatic carbocycles. The van der Waals surface area contributed by atoms with Crippen molar-refractivity contribution in [1.29, 1.82) is 0 Å². The first-order valence-corrected chi connectivity index (χ1v) is 5.27. The van der Waals surface area contributed by atoms with Gasteiger partial charge in [0.15, 0.2) is 5.78 Å². The Morgan fingerprint density at radius 2 is 2.25 bits per heavy atom. The molecule has 0 aliphatic heterocycles. The summed E-state index contributed by atoms with van der Waals surface area (Å²) in [4.78, 5) is 11.8. The van der Waals surface area contributed by atoms with Crippen molar-refractivity contribution in [3.05, 3.63) is 23.3 Å². The van der Waals surface area contributed by atoms with Crippen LogP contribution in [0, 0.1) is 0 Å². The molecule has 2 aliphatic rings. The molecule has 0 saturated heterocycles. The van der Waals surface area contributed by atoms with Crippen LogP contribution in [0.25, 0.3) is 0 Å². The van der Waals surface area contributed by atoms with E-state index in [1.54, 1.807) is 0 Å². The monoisotopic (exact) mass is 226 g/mol. The van der Waals surface area contributed by atoms with E-state index in [1.165, 1.54) is 5.57 Å². The molecule has 2 rings (SSSR count). The molecule has 64 valence electrons. The van der Waals surface area contributed by atoms with Gasteiger partial charge in [-0.3, -0.25) is 4.79 Å². The van der Waals surface area contributed by atoms with Crippen molar-refractivity contribution in [2.24, 2.45) is 0 Å². The topological polar surface area (TPSA) is 17.1 Å². The predicted molar refractivity (Wildman–Crippen MR) is 52.4 cm³/mol. The predicted octanol–water partition coefficient (Wildman–Crippen LogP) is 2.76. The number of carbonyl (C=O) groups excluding carboxylic acids is 1. The van der Waals surface area contributed by atoms with E-state index >= 15 is 0 Å². The quantitative estimate of drug-likeness (QED) is 0.581. The van der Waals surface area contributed by atoms with E-state index < -0.39 is 0 Å². The summed E-state index contributed by atoms with van der Waals surface area (Å²) >= 11 is 3.50. The van der Waals surface area contributed by atoms with E-state index in [1.807, 2.05) is 0 Å². The number of hydrogen-bond acceptors (Lipinski definition) is 1. The van der Waals surface area contributed by atoms with Gasteiger partial charge in [-0.1, -0.05) is 28.1 Å². The highest BCUT2D eigenvalue weighted by Gasteiger charge is 2.23. The lowest BCUT2D eigenvalue weighted by molar-refractivity contribution is -0.115. The molecule has 1 atom stereocenters. The molecule has 1 fully saturated rings. The molecule has 0 heterocycles. The average molecular weight is 227 g/mol. The third-order valence-corrected chi connectivity index (χ3v) is 3.07. The number of halogens is 1. The zero-order valence-electron chi connectivity index (χ0n) is 6.85. The first-order valence-electron chi connectivity index (χ1n) is 4.36. The minimum absolute atomic E-state index is 0.330. The van der Waals surface area contributed by atoms with Crippen LogP contribution in [0.3, 0.4) is 0 Å². The van der Waals surface area contributed by atoms with Gasteiger partial charge in [0.05, 0.1) is 0 Å². The Labute approximate surface area is 80.7 Å². The van der Waals surface area contributed by atoms with E-state index in [9.17, 15) is 4.79 Å². The van der Waals surface area contributed by atoms with Crippen LogP contribution >= 0.6 is 15.9 Å². The summed E-state index contributed by atoms with van der Waals surface area (Å²) in [5, 5.41) is 0. The molecule has 0 amide bonds. The molecule has 0 aromatic heterocycles. The molecule has 1 nitrogen and oxygen atoms in total. The van der Waals surface area contributed by atoms with E-state index in [2.05, 4.69) is 28.1 Å². The second-order valence-corrected chi connectivity index (χ2v) is 4.51. The Morgan fingerprint density at radius 3 is 3.08 bits per heavy atom. The molecule has 0 unspecified atom stereocenters. The first kappa shape index (κ1) is 8.24. The Morgan fingerprint density at radius 1 is 1.42 bits per heavy atom. The van der Waals surface area contributed by atoms with Gasteiger partial charge in [-0.2, -0.15) is 0 Å². The van der Waals surface area contributed by atoms with Crippen LogP contribution in [0.15, 0.2) is 23.3 Å². The number of ketones is 1. The third-order valence-electron chi connectivity index (χ3n) is 2.43. The van der Waals surface area contributed by atoms with Crippen molar-refractivity contribution >= 4 is 21.7 Å². The van der Waals surface area contributed by atoms with Gasteiger partial charge in [-0.05, 0) is 24.8 Å². The summed E-state index contributed by atoms with van der Waals surface area (Å²) in [5.41, 5.74) is 2.26. The molecule has 1 saturated carbocycles. The fraction of sp³-hybridized carbons (Fsp3) is 0.500. The van der Waals surface area contributed by atoms with Crippen LogP contribution in [0.4, 0.5) is 0 Å². The molecular formula is C10H11BrO. The normalized spacial score (nSPS) is 29.1. The lowest BCUT2D eigenvalue weighted by Gasteiger charge is -2.21. The largest absolute Gasteiger partial charge is 0.294 e. The van der Waals surface area contributed by atoms with E-state index in [0.717, 1.165) is 31.3 Å². The fourth-order valence-electron chi connectivity index (χ4n) is 1.80. The van der Waals surface area contributed by atoms with Crippen LogP contribution < -0.4 is 0 Å². The van der Waals surface area contributed by atoms with Crippen molar-refractivity contribution in [3.63, 3.8) is 0 Å². The highest BCUT2D eigenvalue weighted by atomic mass is 79.9. The number of fused-ring (bicyclic) bond motifs is 1. The molecule has 0 aromatic rings. The maximum Gasteiger partial charge on any atom is 0.162 e. The van der Waals surface area contributed by atoms with E-state index in [0.29, 0.717) is 10.6 Å². The van der Waals surface area contributed by atoms with Gasteiger partial charge >= 0.3 is 0 Å². The van der Waals surface area contributed by atoms with E-state index in [4.69, 9.17) is 0 Å². The molecule has 0 aromatic carbocycles. The second-order valence-electron chi connectivity index (χ2n) is 3.34. The number of rotatable bonds is 0. The summed E-state index contributed by atoms with van der Waals surface area (Å²) < 4.78 is 0. The summed E-state index contributed by atoms with van der Waals surface area (Å²) in [6.07, 6.45) is 8.17. The van der Waals surface area contributed by atoms with Gasteiger partial charge in [-0.25, -0.2) is 0 Å². The number of allylic oxidation sites excluding steroid dienone is 4. The van der Waals surface area contributed by atoms with Crippen molar-refractivity contribution < 1.29 is 4.79 Å². The van der Waals surface area contributed by atoms with Gasteiger partial charge in [0.25, 0.3) is 0 Å². The van der Waals surface area contributed by atoms with Crippen molar-refractivity contribution in [2.45, 2.75) is 30.5 Å². The number of alkyl halides is 1. The van der Waals surface area contributed by atoms with Gasteiger partial charge < -0.3 is 0 Å². The molecule has 0 bridgehead atoms. The molecule has 0 spiro atoms. The molecule has 0 radical (unpaired) electrons. The van der Waals surface area contributed by atoms with E-state index in [-0.39, 0.29) is 0 Å². The van der Waals surface area contributed by atoms with Gasteiger partial charge in [0.1, 0.15) is 0 Å². The Balaban J connectivity index is 2.31. The summed E-state index contributed by atoms with van der Waals surface area (Å²) in [7, 11) is 0. The first-order chi connectivity index (χ1) is 5.77. The minimum atomic E-state index is 0.330. The molecule has 12 heavy (non-hydrogen) atoms. The zero-order valence-corrected chi connectivity index (χ0v) is 8.43. The average Bonchev–Trinajstić information content (AvgIpc) is 2.07. The highest BCUT2D eigenvalue weighted by Crippen LogP contribution is 2.31. The Bertz CT molecular complexity index is 276. The molecular weight excluding hydrogens is 216 g/mol. The fourth-order valence-corrected chi connectivity index (χ4v) is 2.25. The lowest BCUT2D eigenvalue weighted by Crippen LogP contribution is -2.16. The van der Waals surface area contributed by atoms with Crippen LogP contribution in [0.2, 0.25) is 0 Å². The Hall–Kier alpha value is -0.370. The van der Waals surface area contributed by atoms with Crippen LogP contribution in [-0.2, 0) is 4.79 Å². The summed E-state index contributed by atoms with van der Waals surface area (Å²) in [6, 6.07) is 0. The van der Waals surface area contributed by atoms with Crippen LogP contribution in [0.1, 0.15) is 25.7 Å². The number of hydrogen-bond donors (Lipinski definition) is 0. The van der Waals surface area contributed by atoms with Crippen LogP contribution in [0.5, 0.6) is 0 Å². The van der Waals surface area contributed by atoms with Crippen molar-refractivity contribution in [3.8, 4) is 0 Å². The molecule has 0 N–H and O–H groups in total. The zero-order chi connectivity index (χ0) is 8.55. The van der Waals surface area contributed by atoms with Crippen molar-refractivity contribution in [1.82, 2.24) is 0 Å². The molecule has 2 heteroatoms. The second kappa shape index (κ2) is 3.17. The maximum atomic E-state index is 11.4. The lowest BCUT2D eigenvalue weighted by atomic mass is 9.84. The number of Topliss-reactive ketones (excluding diaryl/α,β-unsaturated/α-hetero) is 1.